The Balaban J connectivity index is 2.05. The van der Waals surface area contributed by atoms with Crippen LogP contribution in [0.5, 0.6) is 0 Å². The van der Waals surface area contributed by atoms with Gasteiger partial charge in [0.15, 0.2) is 5.65 Å². The molecule has 2 aromatic heterocycles. The van der Waals surface area contributed by atoms with E-state index in [0.29, 0.717) is 0 Å². The Morgan fingerprint density at radius 1 is 1.16 bits per heavy atom. The van der Waals surface area contributed by atoms with Gasteiger partial charge in [0.1, 0.15) is 0 Å². The average Bonchev–Trinajstić information content (AvgIpc) is 2.90. The van der Waals surface area contributed by atoms with Crippen molar-refractivity contribution in [2.75, 3.05) is 0 Å². The fourth-order valence-corrected chi connectivity index (χ4v) is 2.24. The van der Waals surface area contributed by atoms with Crippen LogP contribution >= 0.6 is 0 Å². The first kappa shape index (κ1) is 11.9. The third-order valence-electron chi connectivity index (χ3n) is 3.28. The van der Waals surface area contributed by atoms with E-state index in [-0.39, 0.29) is 0 Å². The van der Waals surface area contributed by atoms with E-state index in [9.17, 15) is 0 Å². The van der Waals surface area contributed by atoms with Crippen molar-refractivity contribution in [3.63, 3.8) is 0 Å². The molecule has 0 N–H and O–H groups in total. The number of imidazole rings is 1. The molecular weight excluding hydrogens is 234 g/mol. The minimum atomic E-state index is 0.981. The topological polar surface area (TPSA) is 30.2 Å². The molecule has 2 heterocycles. The molecule has 3 nitrogen and oxygen atoms in total. The van der Waals surface area contributed by atoms with E-state index >= 15 is 0 Å². The van der Waals surface area contributed by atoms with Crippen molar-refractivity contribution >= 4 is 5.65 Å². The highest BCUT2D eigenvalue weighted by Crippen LogP contribution is 2.20. The highest BCUT2D eigenvalue weighted by Gasteiger charge is 2.08. The molecule has 19 heavy (non-hydrogen) atoms. The second kappa shape index (κ2) is 5.22. The Morgan fingerprint density at radius 3 is 2.79 bits per heavy atom. The minimum Gasteiger partial charge on any atom is -0.303 e. The molecule has 0 saturated heterocycles. The van der Waals surface area contributed by atoms with Gasteiger partial charge in [-0.05, 0) is 12.8 Å². The van der Waals surface area contributed by atoms with Gasteiger partial charge in [-0.15, -0.1) is 0 Å². The normalized spacial score (nSPS) is 11.0. The first-order valence-electron chi connectivity index (χ1n) is 6.76. The Kier molecular flexibility index (Phi) is 3.27. The number of nitrogens with zero attached hydrogens (tertiary/aromatic N) is 3. The Bertz CT molecular complexity index is 671. The first-order valence-corrected chi connectivity index (χ1v) is 6.76. The molecule has 0 unspecified atom stereocenters. The molecular formula is C16H17N3. The zero-order valence-corrected chi connectivity index (χ0v) is 11.1. The van der Waals surface area contributed by atoms with Gasteiger partial charge in [-0.2, -0.15) is 0 Å². The van der Waals surface area contributed by atoms with Crippen molar-refractivity contribution in [1.82, 2.24) is 14.4 Å². The van der Waals surface area contributed by atoms with Crippen molar-refractivity contribution < 1.29 is 0 Å². The fourth-order valence-electron chi connectivity index (χ4n) is 2.24. The summed E-state index contributed by atoms with van der Waals surface area (Å²) in [6.45, 7) is 2.20. The molecule has 1 aromatic carbocycles. The second-order valence-corrected chi connectivity index (χ2v) is 4.70. The molecule has 0 amide bonds. The van der Waals surface area contributed by atoms with Crippen molar-refractivity contribution in [2.45, 2.75) is 26.2 Å². The number of aromatic nitrogens is 3. The monoisotopic (exact) mass is 251 g/mol. The Hall–Kier alpha value is -2.16. The van der Waals surface area contributed by atoms with E-state index in [1.807, 2.05) is 30.6 Å². The van der Waals surface area contributed by atoms with Gasteiger partial charge in [0.2, 0.25) is 0 Å². The van der Waals surface area contributed by atoms with Gasteiger partial charge in [0.05, 0.1) is 11.4 Å². The zero-order chi connectivity index (χ0) is 13.1. The van der Waals surface area contributed by atoms with Crippen LogP contribution in [0.25, 0.3) is 16.9 Å². The second-order valence-electron chi connectivity index (χ2n) is 4.70. The number of aryl methyl sites for hydroxylation is 1. The van der Waals surface area contributed by atoms with Crippen molar-refractivity contribution in [1.29, 1.82) is 0 Å². The molecule has 0 atom stereocenters. The maximum absolute atomic E-state index is 4.74. The van der Waals surface area contributed by atoms with Crippen molar-refractivity contribution in [3.8, 4) is 11.3 Å². The molecule has 0 spiro atoms. The Labute approximate surface area is 113 Å². The quantitative estimate of drug-likeness (QED) is 0.707. The fraction of sp³-hybridized carbons (Fsp3) is 0.250. The van der Waals surface area contributed by atoms with E-state index < -0.39 is 0 Å². The lowest BCUT2D eigenvalue weighted by Gasteiger charge is -2.00. The number of fused-ring (bicyclic) bond motifs is 1. The lowest BCUT2D eigenvalue weighted by atomic mass is 10.2. The van der Waals surface area contributed by atoms with E-state index in [1.165, 1.54) is 6.42 Å². The molecule has 0 fully saturated rings. The lowest BCUT2D eigenvalue weighted by molar-refractivity contribution is 0.775. The molecule has 96 valence electrons. The number of rotatable bonds is 4. The summed E-state index contributed by atoms with van der Waals surface area (Å²) >= 11 is 0. The van der Waals surface area contributed by atoms with E-state index in [2.05, 4.69) is 34.6 Å². The van der Waals surface area contributed by atoms with Gasteiger partial charge in [0.25, 0.3) is 0 Å². The maximum atomic E-state index is 4.74. The highest BCUT2D eigenvalue weighted by atomic mass is 15.0. The Morgan fingerprint density at radius 2 is 2.00 bits per heavy atom. The summed E-state index contributed by atoms with van der Waals surface area (Å²) in [7, 11) is 0. The molecule has 3 heteroatoms. The van der Waals surface area contributed by atoms with Crippen LogP contribution in [0.15, 0.2) is 48.9 Å². The average molecular weight is 251 g/mol. The van der Waals surface area contributed by atoms with Crippen LogP contribution in [0.3, 0.4) is 0 Å². The predicted octanol–water partition coefficient (Wildman–Crippen LogP) is 3.74. The summed E-state index contributed by atoms with van der Waals surface area (Å²) < 4.78 is 2.07. The third kappa shape index (κ3) is 2.36. The molecule has 0 aliphatic heterocycles. The van der Waals surface area contributed by atoms with E-state index in [1.54, 1.807) is 0 Å². The number of hydrogen-bond donors (Lipinski definition) is 0. The molecule has 0 radical (unpaired) electrons. The van der Waals surface area contributed by atoms with Crippen LogP contribution in [0.4, 0.5) is 0 Å². The van der Waals surface area contributed by atoms with Gasteiger partial charge >= 0.3 is 0 Å². The minimum absolute atomic E-state index is 0.981. The number of benzene rings is 1. The SMILES string of the molecule is CCCCc1nccn2cc(-c3ccccc3)nc12. The smallest absolute Gasteiger partial charge is 0.159 e. The van der Waals surface area contributed by atoms with Crippen LogP contribution in [-0.4, -0.2) is 14.4 Å². The van der Waals surface area contributed by atoms with E-state index in [0.717, 1.165) is 35.4 Å². The maximum Gasteiger partial charge on any atom is 0.159 e. The molecule has 3 rings (SSSR count). The molecule has 3 aromatic rings. The number of hydrogen-bond acceptors (Lipinski definition) is 2. The van der Waals surface area contributed by atoms with Gasteiger partial charge in [0, 0.05) is 24.2 Å². The zero-order valence-electron chi connectivity index (χ0n) is 11.1. The summed E-state index contributed by atoms with van der Waals surface area (Å²) in [5.74, 6) is 0. The summed E-state index contributed by atoms with van der Waals surface area (Å²) in [6.07, 6.45) is 9.21. The van der Waals surface area contributed by atoms with Gasteiger partial charge in [-0.3, -0.25) is 4.98 Å². The van der Waals surface area contributed by atoms with Crippen LogP contribution in [-0.2, 0) is 6.42 Å². The largest absolute Gasteiger partial charge is 0.303 e. The van der Waals surface area contributed by atoms with Crippen LogP contribution < -0.4 is 0 Å². The summed E-state index contributed by atoms with van der Waals surface area (Å²) in [6, 6.07) is 10.3. The van der Waals surface area contributed by atoms with Crippen molar-refractivity contribution in [3.05, 3.63) is 54.6 Å². The summed E-state index contributed by atoms with van der Waals surface area (Å²) in [4.78, 5) is 9.20. The molecule has 0 aliphatic rings. The van der Waals surface area contributed by atoms with E-state index in [4.69, 9.17) is 4.98 Å². The summed E-state index contributed by atoms with van der Waals surface area (Å²) in [5, 5.41) is 0. The van der Waals surface area contributed by atoms with Crippen LogP contribution in [0, 0.1) is 0 Å². The van der Waals surface area contributed by atoms with Gasteiger partial charge in [-0.1, -0.05) is 43.7 Å². The third-order valence-corrected chi connectivity index (χ3v) is 3.28. The number of unbranched alkanes of at least 4 members (excludes halogenated alkanes) is 1. The van der Waals surface area contributed by atoms with Crippen LogP contribution in [0.1, 0.15) is 25.5 Å². The molecule has 0 bridgehead atoms. The van der Waals surface area contributed by atoms with Gasteiger partial charge in [-0.25, -0.2) is 4.98 Å². The molecule has 0 saturated carbocycles. The summed E-state index contributed by atoms with van der Waals surface area (Å²) in [5.41, 5.74) is 4.22. The predicted molar refractivity (Wildman–Crippen MR) is 77.0 cm³/mol. The van der Waals surface area contributed by atoms with Crippen molar-refractivity contribution in [2.24, 2.45) is 0 Å². The lowest BCUT2D eigenvalue weighted by Crippen LogP contribution is -1.95. The van der Waals surface area contributed by atoms with Gasteiger partial charge < -0.3 is 4.40 Å². The van der Waals surface area contributed by atoms with Crippen LogP contribution in [0.2, 0.25) is 0 Å². The molecule has 0 aliphatic carbocycles. The standard InChI is InChI=1S/C16H17N3/c1-2-3-9-14-16-18-15(12-19(16)11-10-17-14)13-7-5-4-6-8-13/h4-8,10-12H,2-3,9H2,1H3. The first-order chi connectivity index (χ1) is 9.38. The highest BCUT2D eigenvalue weighted by molar-refractivity contribution is 5.63.